The molecule has 0 aliphatic carbocycles. The van der Waals surface area contributed by atoms with Gasteiger partial charge in [-0.1, -0.05) is 12.6 Å². The predicted octanol–water partition coefficient (Wildman–Crippen LogP) is 1.35. The van der Waals surface area contributed by atoms with Crippen LogP contribution in [-0.2, 0) is 0 Å². The summed E-state index contributed by atoms with van der Waals surface area (Å²) < 4.78 is 30.7. The van der Waals surface area contributed by atoms with E-state index in [0.29, 0.717) is 0 Å². The van der Waals surface area contributed by atoms with Crippen molar-refractivity contribution < 1.29 is 18.0 Å². The molecule has 0 radical (unpaired) electrons. The fourth-order valence-corrected chi connectivity index (χ4v) is 0. The van der Waals surface area contributed by atoms with Crippen LogP contribution >= 0.6 is 12.6 Å². The lowest BCUT2D eigenvalue weighted by molar-refractivity contribution is -0.0303. The van der Waals surface area contributed by atoms with Crippen LogP contribution in [0.3, 0.4) is 0 Å². The Labute approximate surface area is 49.3 Å². The molecule has 2 nitrogen and oxygen atoms in total. The number of halogens is 3. The fraction of sp³-hybridized carbons (Fsp3) is 0.500. The van der Waals surface area contributed by atoms with Crippen LogP contribution in [-0.4, -0.2) is 17.0 Å². The largest absolute Gasteiger partial charge is 0.438 e. The molecule has 0 aliphatic heterocycles. The van der Waals surface area contributed by atoms with Gasteiger partial charge in [-0.25, -0.2) is 0 Å². The molecule has 0 rings (SSSR count). The van der Waals surface area contributed by atoms with E-state index in [1.54, 1.807) is 0 Å². The van der Waals surface area contributed by atoms with Gasteiger partial charge in [-0.3, -0.25) is 0 Å². The van der Waals surface area contributed by atoms with Gasteiger partial charge >= 0.3 is 5.51 Å². The molecular weight excluding hydrogens is 141 g/mol. The molecule has 6 heteroatoms. The molecule has 0 saturated heterocycles. The molecule has 0 aromatic carbocycles. The third-order valence-electron chi connectivity index (χ3n) is 0. The van der Waals surface area contributed by atoms with Gasteiger partial charge in [0, 0.05) is 0 Å². The summed E-state index contributed by atoms with van der Waals surface area (Å²) in [6.07, 6.45) is 0. The van der Waals surface area contributed by atoms with E-state index in [0.717, 1.165) is 0 Å². The minimum atomic E-state index is -4.31. The van der Waals surface area contributed by atoms with Crippen LogP contribution in [0.4, 0.5) is 13.2 Å². The van der Waals surface area contributed by atoms with E-state index in [1.807, 2.05) is 0 Å². The van der Waals surface area contributed by atoms with Gasteiger partial charge in [-0.05, 0) is 0 Å². The molecular formula is C2H3F3N2S. The van der Waals surface area contributed by atoms with Gasteiger partial charge in [-0.2, -0.15) is 18.0 Å². The Hall–Kier alpha value is -0.480. The average molecular weight is 144 g/mol. The minimum absolute atomic E-state index is 2.12. The van der Waals surface area contributed by atoms with E-state index < -0.39 is 5.51 Å². The topological polar surface area (TPSA) is 36.4 Å². The molecule has 0 aromatic rings. The van der Waals surface area contributed by atoms with Crippen molar-refractivity contribution in [2.45, 2.75) is 5.51 Å². The summed E-state index contributed by atoms with van der Waals surface area (Å²) in [5.74, 6) is 0. The molecule has 0 bridgehead atoms. The summed E-state index contributed by atoms with van der Waals surface area (Å²) in [7, 11) is 0. The Morgan fingerprint density at radius 2 is 1.50 bits per heavy atom. The molecule has 0 heterocycles. The van der Waals surface area contributed by atoms with Crippen molar-refractivity contribution in [2.75, 3.05) is 0 Å². The van der Waals surface area contributed by atoms with Gasteiger partial charge < -0.3 is 5.53 Å². The summed E-state index contributed by atoms with van der Waals surface area (Å²) in [6, 6.07) is 0. The maximum Gasteiger partial charge on any atom is 0.438 e. The molecule has 0 atom stereocenters. The first-order valence-corrected chi connectivity index (χ1v) is 1.75. The number of nitrogens with zero attached hydrogens (tertiary/aromatic N) is 2. The molecule has 0 unspecified atom stereocenters. The van der Waals surface area contributed by atoms with E-state index >= 15 is 0 Å². The van der Waals surface area contributed by atoms with Gasteiger partial charge in [0.1, 0.15) is 0 Å². The van der Waals surface area contributed by atoms with Gasteiger partial charge in [0.25, 0.3) is 0 Å². The van der Waals surface area contributed by atoms with Gasteiger partial charge in [0.05, 0.1) is 0 Å². The smallest absolute Gasteiger partial charge is 0.362 e. The molecule has 8 heavy (non-hydrogen) atoms. The van der Waals surface area contributed by atoms with Crippen molar-refractivity contribution in [3.05, 3.63) is 5.53 Å². The quantitative estimate of drug-likeness (QED) is 0.230. The first kappa shape index (κ1) is 10.5. The Morgan fingerprint density at radius 1 is 1.50 bits per heavy atom. The molecule has 0 amide bonds. The monoisotopic (exact) mass is 144 g/mol. The summed E-state index contributed by atoms with van der Waals surface area (Å²) in [6.45, 7) is 2.67. The number of hydrogen-bond donors (Lipinski definition) is 1. The summed E-state index contributed by atoms with van der Waals surface area (Å²) in [5, 5.41) is 0. The van der Waals surface area contributed by atoms with E-state index in [9.17, 15) is 13.2 Å². The van der Waals surface area contributed by atoms with Crippen LogP contribution in [0.1, 0.15) is 0 Å². The van der Waals surface area contributed by atoms with Crippen LogP contribution in [0.15, 0.2) is 0 Å². The second-order valence-corrected chi connectivity index (χ2v) is 1.12. The highest BCUT2D eigenvalue weighted by Crippen LogP contribution is 2.17. The fourth-order valence-electron chi connectivity index (χ4n) is 0. The lowest BCUT2D eigenvalue weighted by Gasteiger charge is -1.87. The van der Waals surface area contributed by atoms with Crippen LogP contribution in [0.25, 0.3) is 5.53 Å². The maximum absolute atomic E-state index is 10.2. The Kier molecular flexibility index (Phi) is 6.13. The van der Waals surface area contributed by atoms with E-state index in [-0.39, 0.29) is 0 Å². The molecule has 0 aliphatic rings. The number of alkyl halides is 3. The molecule has 0 spiro atoms. The van der Waals surface area contributed by atoms with Gasteiger partial charge in [0.2, 0.25) is 6.72 Å². The predicted molar refractivity (Wildman–Crippen MR) is 25.8 cm³/mol. The summed E-state index contributed by atoms with van der Waals surface area (Å²) in [5.41, 5.74) is 2.78. The molecule has 0 N–H and O–H groups in total. The summed E-state index contributed by atoms with van der Waals surface area (Å²) >= 11 is 2.12. The zero-order valence-corrected chi connectivity index (χ0v) is 4.58. The maximum atomic E-state index is 10.2. The second kappa shape index (κ2) is 4.67. The van der Waals surface area contributed by atoms with Gasteiger partial charge in [-0.15, -0.1) is 0 Å². The standard InChI is InChI=1S/CHF3S.CH2N2/c2-1(3,4)5;1-3-2/h5H;1H2. The number of thiol groups is 1. The average Bonchev–Trinajstić information content (AvgIpc) is 1.27. The highest BCUT2D eigenvalue weighted by molar-refractivity contribution is 7.81. The normalized spacial score (nSPS) is 8.50. The lowest BCUT2D eigenvalue weighted by Crippen LogP contribution is -1.89. The highest BCUT2D eigenvalue weighted by atomic mass is 32.1. The Bertz CT molecular complexity index is 75.8. The van der Waals surface area contributed by atoms with E-state index in [1.165, 1.54) is 0 Å². The van der Waals surface area contributed by atoms with Crippen LogP contribution in [0.5, 0.6) is 0 Å². The minimum Gasteiger partial charge on any atom is -0.362 e. The highest BCUT2D eigenvalue weighted by Gasteiger charge is 2.17. The third-order valence-corrected chi connectivity index (χ3v) is 0. The van der Waals surface area contributed by atoms with Crippen LogP contribution < -0.4 is 0 Å². The zero-order valence-electron chi connectivity index (χ0n) is 3.68. The summed E-state index contributed by atoms with van der Waals surface area (Å²) in [4.78, 5) is 2.25. The third kappa shape index (κ3) is 489. The zero-order chi connectivity index (χ0) is 7.21. The first-order valence-electron chi connectivity index (χ1n) is 1.31. The van der Waals surface area contributed by atoms with E-state index in [2.05, 4.69) is 24.1 Å². The molecule has 48 valence electrons. The van der Waals surface area contributed by atoms with Crippen molar-refractivity contribution in [3.8, 4) is 0 Å². The number of rotatable bonds is 0. The van der Waals surface area contributed by atoms with E-state index in [4.69, 9.17) is 5.53 Å². The van der Waals surface area contributed by atoms with Crippen molar-refractivity contribution in [1.29, 1.82) is 0 Å². The molecule has 0 saturated carbocycles. The van der Waals surface area contributed by atoms with Crippen molar-refractivity contribution >= 4 is 19.3 Å². The Morgan fingerprint density at radius 3 is 1.50 bits per heavy atom. The van der Waals surface area contributed by atoms with Crippen LogP contribution in [0, 0.1) is 0 Å². The molecule has 0 aromatic heterocycles. The Balaban J connectivity index is 0. The second-order valence-electron chi connectivity index (χ2n) is 0.609. The van der Waals surface area contributed by atoms with Crippen molar-refractivity contribution in [1.82, 2.24) is 0 Å². The van der Waals surface area contributed by atoms with Crippen molar-refractivity contribution in [3.63, 3.8) is 0 Å². The van der Waals surface area contributed by atoms with Crippen molar-refractivity contribution in [2.24, 2.45) is 0 Å². The van der Waals surface area contributed by atoms with Gasteiger partial charge in [0.15, 0.2) is 0 Å². The lowest BCUT2D eigenvalue weighted by atomic mass is 11.6. The number of hydrogen-bond acceptors (Lipinski definition) is 1. The molecule has 0 fully saturated rings. The SMILES string of the molecule is C=[N+]=[N-].FC(F)(F)S. The first-order chi connectivity index (χ1) is 3.41. The van der Waals surface area contributed by atoms with Crippen LogP contribution in [0.2, 0.25) is 0 Å².